The molecule has 2 atom stereocenters. The number of nitrogens with zero attached hydrogens (tertiary/aromatic N) is 1. The number of phosphoric acid groups is 1. The van der Waals surface area contributed by atoms with Crippen molar-refractivity contribution >= 4 is 13.8 Å². The first-order valence-corrected chi connectivity index (χ1v) is 22.6. The molecule has 0 aromatic carbocycles. The van der Waals surface area contributed by atoms with Crippen LogP contribution in [0.5, 0.6) is 0 Å². The van der Waals surface area contributed by atoms with E-state index in [1.54, 1.807) is 6.26 Å². The van der Waals surface area contributed by atoms with Crippen molar-refractivity contribution in [2.45, 2.75) is 193 Å². The van der Waals surface area contributed by atoms with Gasteiger partial charge >= 0.3 is 13.8 Å². The van der Waals surface area contributed by atoms with Gasteiger partial charge in [-0.2, -0.15) is 0 Å². The predicted molar refractivity (Wildman–Crippen MR) is 215 cm³/mol. The standard InChI is InChI=1S/C42H82NO7P/c1-6-8-10-12-14-16-18-19-20-21-22-23-24-26-28-30-32-34-37-47-39-41(40-49-51(45,46)48-38-36-43(3,4)5)50-42(44)35-33-31-29-27-25-17-15-13-11-9-7-2/h13,15,34,37,41H,6-12,14,16-33,35-36,38-40H2,1-5H3/p+1/b15-13+,37-34+/t41-/m0/s1. The average molecular weight is 745 g/mol. The average Bonchev–Trinajstić information content (AvgIpc) is 3.08. The molecule has 0 radical (unpaired) electrons. The van der Waals surface area contributed by atoms with Crippen molar-refractivity contribution in [1.82, 2.24) is 0 Å². The van der Waals surface area contributed by atoms with Crippen molar-refractivity contribution in [2.24, 2.45) is 0 Å². The Kier molecular flexibility index (Phi) is 35.0. The van der Waals surface area contributed by atoms with Crippen LogP contribution in [-0.2, 0) is 27.9 Å². The predicted octanol–water partition coefficient (Wildman–Crippen LogP) is 12.4. The monoisotopic (exact) mass is 745 g/mol. The summed E-state index contributed by atoms with van der Waals surface area (Å²) in [6.07, 6.45) is 40.2. The first-order valence-electron chi connectivity index (χ1n) is 21.1. The summed E-state index contributed by atoms with van der Waals surface area (Å²) in [7, 11) is 1.63. The minimum Gasteiger partial charge on any atom is -0.498 e. The summed E-state index contributed by atoms with van der Waals surface area (Å²) in [5.41, 5.74) is 0. The topological polar surface area (TPSA) is 91.3 Å². The molecule has 0 spiro atoms. The van der Waals surface area contributed by atoms with E-state index in [0.717, 1.165) is 44.9 Å². The minimum absolute atomic E-state index is 0.0475. The van der Waals surface area contributed by atoms with Gasteiger partial charge in [0.05, 0.1) is 34.0 Å². The number of ether oxygens (including phenoxy) is 2. The van der Waals surface area contributed by atoms with E-state index in [9.17, 15) is 14.3 Å². The number of rotatable bonds is 39. The molecule has 0 rings (SSSR count). The summed E-state index contributed by atoms with van der Waals surface area (Å²) >= 11 is 0. The summed E-state index contributed by atoms with van der Waals surface area (Å²) in [5.74, 6) is -0.345. The number of esters is 1. The largest absolute Gasteiger partial charge is 0.498 e. The maximum Gasteiger partial charge on any atom is 0.472 e. The van der Waals surface area contributed by atoms with Crippen LogP contribution in [0.15, 0.2) is 24.5 Å². The molecule has 0 saturated heterocycles. The molecule has 8 nitrogen and oxygen atoms in total. The van der Waals surface area contributed by atoms with E-state index in [1.165, 1.54) is 122 Å². The third-order valence-corrected chi connectivity index (χ3v) is 10.1. The van der Waals surface area contributed by atoms with Crippen LogP contribution >= 0.6 is 7.82 Å². The van der Waals surface area contributed by atoms with Crippen molar-refractivity contribution < 1.29 is 37.3 Å². The number of hydrogen-bond donors (Lipinski definition) is 1. The lowest BCUT2D eigenvalue weighted by Gasteiger charge is -2.24. The molecule has 1 unspecified atom stereocenters. The van der Waals surface area contributed by atoms with E-state index in [4.69, 9.17) is 18.5 Å². The molecular weight excluding hydrogens is 661 g/mol. The lowest BCUT2D eigenvalue weighted by molar-refractivity contribution is -0.870. The Bertz CT molecular complexity index is 874. The zero-order valence-corrected chi connectivity index (χ0v) is 35.0. The zero-order valence-electron chi connectivity index (χ0n) is 34.1. The Morgan fingerprint density at radius 3 is 1.57 bits per heavy atom. The normalized spacial score (nSPS) is 14.0. The first kappa shape index (κ1) is 49.8. The maximum atomic E-state index is 12.6. The van der Waals surface area contributed by atoms with E-state index < -0.39 is 13.9 Å². The van der Waals surface area contributed by atoms with Gasteiger partial charge in [-0.15, -0.1) is 0 Å². The molecule has 0 bridgehead atoms. The van der Waals surface area contributed by atoms with Crippen molar-refractivity contribution in [3.63, 3.8) is 0 Å². The quantitative estimate of drug-likeness (QED) is 0.0167. The number of allylic oxidation sites excluding steroid dienone is 3. The van der Waals surface area contributed by atoms with Gasteiger partial charge in [-0.25, -0.2) is 4.57 Å². The van der Waals surface area contributed by atoms with E-state index in [2.05, 4.69) is 26.0 Å². The molecule has 302 valence electrons. The fourth-order valence-electron chi connectivity index (χ4n) is 5.73. The van der Waals surface area contributed by atoms with Gasteiger partial charge in [0.15, 0.2) is 6.10 Å². The third kappa shape index (κ3) is 39.9. The number of likely N-dealkylation sites (N-methyl/N-ethyl adjacent to an activating group) is 1. The number of unbranched alkanes of at least 4 members (excludes halogenated alkanes) is 23. The molecule has 0 aromatic heterocycles. The number of carbonyl (C=O) groups is 1. The molecular formula is C42H83NO7P+. The Balaban J connectivity index is 4.25. The van der Waals surface area contributed by atoms with Gasteiger partial charge in [0.25, 0.3) is 0 Å². The smallest absolute Gasteiger partial charge is 0.472 e. The van der Waals surface area contributed by atoms with E-state index >= 15 is 0 Å². The van der Waals surface area contributed by atoms with Crippen LogP contribution in [0, 0.1) is 0 Å². The minimum atomic E-state index is -4.28. The van der Waals surface area contributed by atoms with Crippen molar-refractivity contribution in [1.29, 1.82) is 0 Å². The van der Waals surface area contributed by atoms with Crippen LogP contribution in [0.4, 0.5) is 0 Å². The SMILES string of the molecule is CCCC/C=C/CCCCCCCC(=O)O[C@@H](CO/C=C/CCCCCCCCCCCCCCCCCC)COP(=O)(O)OCC[N+](C)(C)C. The van der Waals surface area contributed by atoms with Crippen LogP contribution in [0.2, 0.25) is 0 Å². The number of carbonyl (C=O) groups excluding carboxylic acids is 1. The fourth-order valence-corrected chi connectivity index (χ4v) is 6.48. The molecule has 0 aliphatic carbocycles. The Morgan fingerprint density at radius 2 is 1.06 bits per heavy atom. The lowest BCUT2D eigenvalue weighted by Crippen LogP contribution is -2.37. The second-order valence-corrected chi connectivity index (χ2v) is 16.9. The zero-order chi connectivity index (χ0) is 37.7. The lowest BCUT2D eigenvalue weighted by atomic mass is 10.0. The molecule has 0 heterocycles. The van der Waals surface area contributed by atoms with Gasteiger partial charge in [-0.1, -0.05) is 154 Å². The molecule has 0 amide bonds. The van der Waals surface area contributed by atoms with Gasteiger partial charge in [0, 0.05) is 6.42 Å². The molecule has 9 heteroatoms. The third-order valence-electron chi connectivity index (χ3n) is 9.08. The second-order valence-electron chi connectivity index (χ2n) is 15.4. The van der Waals surface area contributed by atoms with Crippen LogP contribution in [0.25, 0.3) is 0 Å². The van der Waals surface area contributed by atoms with Crippen LogP contribution in [0.1, 0.15) is 187 Å². The molecule has 51 heavy (non-hydrogen) atoms. The van der Waals surface area contributed by atoms with Crippen molar-refractivity contribution in [2.75, 3.05) is 47.5 Å². The molecule has 0 aliphatic rings. The van der Waals surface area contributed by atoms with Crippen LogP contribution in [0.3, 0.4) is 0 Å². The summed E-state index contributed by atoms with van der Waals surface area (Å²) in [5, 5.41) is 0. The first-order chi connectivity index (χ1) is 24.6. The summed E-state index contributed by atoms with van der Waals surface area (Å²) in [6, 6.07) is 0. The highest BCUT2D eigenvalue weighted by Gasteiger charge is 2.26. The van der Waals surface area contributed by atoms with Crippen molar-refractivity contribution in [3.05, 3.63) is 24.5 Å². The Labute approximate surface area is 315 Å². The van der Waals surface area contributed by atoms with Crippen LogP contribution < -0.4 is 0 Å². The van der Waals surface area contributed by atoms with Crippen molar-refractivity contribution in [3.8, 4) is 0 Å². The van der Waals surface area contributed by atoms with E-state index in [0.29, 0.717) is 17.4 Å². The molecule has 0 fully saturated rings. The highest BCUT2D eigenvalue weighted by molar-refractivity contribution is 7.47. The molecule has 1 N–H and O–H groups in total. The number of phosphoric ester groups is 1. The molecule has 0 aliphatic heterocycles. The van der Waals surface area contributed by atoms with Gasteiger partial charge in [0.2, 0.25) is 0 Å². The number of hydrogen-bond acceptors (Lipinski definition) is 6. The summed E-state index contributed by atoms with van der Waals surface area (Å²) in [6.45, 7) is 4.89. The van der Waals surface area contributed by atoms with Gasteiger partial charge in [-0.3, -0.25) is 13.8 Å². The van der Waals surface area contributed by atoms with Crippen LogP contribution in [-0.4, -0.2) is 69.0 Å². The molecule has 0 aromatic rings. The fraction of sp³-hybridized carbons (Fsp3) is 0.881. The van der Waals surface area contributed by atoms with E-state index in [-0.39, 0.29) is 25.8 Å². The highest BCUT2D eigenvalue weighted by Crippen LogP contribution is 2.43. The maximum absolute atomic E-state index is 12.6. The number of quaternary nitrogens is 1. The summed E-state index contributed by atoms with van der Waals surface area (Å²) in [4.78, 5) is 22.8. The Hall–Kier alpha value is -1.18. The van der Waals surface area contributed by atoms with Gasteiger partial charge in [-0.05, 0) is 44.6 Å². The summed E-state index contributed by atoms with van der Waals surface area (Å²) < 4.78 is 34.6. The van der Waals surface area contributed by atoms with Gasteiger partial charge < -0.3 is 18.9 Å². The molecule has 0 saturated carbocycles. The second kappa shape index (κ2) is 35.8. The van der Waals surface area contributed by atoms with Gasteiger partial charge in [0.1, 0.15) is 19.8 Å². The van der Waals surface area contributed by atoms with E-state index in [1.807, 2.05) is 27.2 Å². The Morgan fingerprint density at radius 1 is 0.608 bits per heavy atom. The highest BCUT2D eigenvalue weighted by atomic mass is 31.2.